The Morgan fingerprint density at radius 3 is 2.54 bits per heavy atom. The van der Waals surface area contributed by atoms with Gasteiger partial charge in [-0.15, -0.1) is 4.40 Å². The molecule has 0 spiro atoms. The SMILES string of the molecule is CCOc1ccc(CCNC(=O)C(F)(F)F)cc1S(=O)(=O)/N=C/N(C)C. The van der Waals surface area contributed by atoms with E-state index in [1.807, 2.05) is 0 Å². The lowest BCUT2D eigenvalue weighted by Gasteiger charge is -2.12. The molecule has 0 fully saturated rings. The van der Waals surface area contributed by atoms with E-state index in [0.717, 1.165) is 6.34 Å². The van der Waals surface area contributed by atoms with Gasteiger partial charge in [-0.2, -0.15) is 21.6 Å². The van der Waals surface area contributed by atoms with Gasteiger partial charge in [0.15, 0.2) is 0 Å². The Morgan fingerprint density at radius 2 is 2.00 bits per heavy atom. The molecule has 0 aromatic heterocycles. The lowest BCUT2D eigenvalue weighted by atomic mass is 10.1. The van der Waals surface area contributed by atoms with Crippen LogP contribution in [0.1, 0.15) is 12.5 Å². The molecule has 1 aromatic rings. The summed E-state index contributed by atoms with van der Waals surface area (Å²) in [5.41, 5.74) is 0.412. The molecule has 11 heteroatoms. The molecule has 0 unspecified atom stereocenters. The number of benzene rings is 1. The van der Waals surface area contributed by atoms with Gasteiger partial charge in [0.05, 0.1) is 6.61 Å². The van der Waals surface area contributed by atoms with Crippen LogP contribution in [0.2, 0.25) is 0 Å². The molecule has 1 amide bonds. The van der Waals surface area contributed by atoms with Gasteiger partial charge in [0.2, 0.25) is 0 Å². The summed E-state index contributed by atoms with van der Waals surface area (Å²) in [7, 11) is -0.861. The van der Waals surface area contributed by atoms with Gasteiger partial charge in [-0.1, -0.05) is 6.07 Å². The number of amides is 1. The van der Waals surface area contributed by atoms with Crippen LogP contribution in [0.25, 0.3) is 0 Å². The number of nitrogens with one attached hydrogen (secondary N) is 1. The Balaban J connectivity index is 3.03. The average molecular weight is 395 g/mol. The van der Waals surface area contributed by atoms with E-state index >= 15 is 0 Å². The minimum absolute atomic E-state index is 0.00808. The van der Waals surface area contributed by atoms with Crippen molar-refractivity contribution < 1.29 is 31.1 Å². The van der Waals surface area contributed by atoms with Gasteiger partial charge in [0.1, 0.15) is 17.0 Å². The highest BCUT2D eigenvalue weighted by Gasteiger charge is 2.38. The second-order valence-corrected chi connectivity index (χ2v) is 6.98. The monoisotopic (exact) mass is 395 g/mol. The maximum Gasteiger partial charge on any atom is 0.471 e. The van der Waals surface area contributed by atoms with Crippen molar-refractivity contribution in [3.05, 3.63) is 23.8 Å². The third-order valence-corrected chi connectivity index (χ3v) is 4.21. The smallest absolute Gasteiger partial charge is 0.471 e. The van der Waals surface area contributed by atoms with E-state index in [1.165, 1.54) is 23.1 Å². The number of carbonyl (C=O) groups is 1. The summed E-state index contributed by atoms with van der Waals surface area (Å²) in [6.07, 6.45) is -3.84. The van der Waals surface area contributed by atoms with Crippen molar-refractivity contribution >= 4 is 22.3 Å². The van der Waals surface area contributed by atoms with Crippen molar-refractivity contribution in [2.75, 3.05) is 27.2 Å². The zero-order chi connectivity index (χ0) is 20.0. The zero-order valence-corrected chi connectivity index (χ0v) is 15.3. The largest absolute Gasteiger partial charge is 0.492 e. The molecule has 146 valence electrons. The molecule has 7 nitrogen and oxygen atoms in total. The van der Waals surface area contributed by atoms with Crippen LogP contribution in [-0.2, 0) is 21.2 Å². The van der Waals surface area contributed by atoms with Crippen LogP contribution in [0.4, 0.5) is 13.2 Å². The number of nitrogens with zero attached hydrogens (tertiary/aromatic N) is 2. The van der Waals surface area contributed by atoms with E-state index in [0.29, 0.717) is 5.56 Å². The molecule has 0 atom stereocenters. The Kier molecular flexibility index (Phi) is 7.42. The molecule has 0 bridgehead atoms. The van der Waals surface area contributed by atoms with E-state index in [4.69, 9.17) is 4.74 Å². The summed E-state index contributed by atoms with van der Waals surface area (Å²) in [6, 6.07) is 4.19. The van der Waals surface area contributed by atoms with Crippen molar-refractivity contribution in [1.82, 2.24) is 10.2 Å². The molecule has 0 aliphatic heterocycles. The topological polar surface area (TPSA) is 88.1 Å². The van der Waals surface area contributed by atoms with Gasteiger partial charge >= 0.3 is 12.1 Å². The third-order valence-electron chi connectivity index (χ3n) is 2.96. The summed E-state index contributed by atoms with van der Waals surface area (Å²) >= 11 is 0. The minimum atomic E-state index is -4.96. The standard InChI is InChI=1S/C15H20F3N3O4S/c1-4-25-12-6-5-11(7-8-19-14(22)15(16,17)18)9-13(12)26(23,24)20-10-21(2)3/h5-6,9-10H,4,7-8H2,1-3H3,(H,19,22)/b20-10+. The number of carbonyl (C=O) groups excluding carboxylic acids is 1. The summed E-state index contributed by atoms with van der Waals surface area (Å²) in [6.45, 7) is 1.60. The molecule has 0 aliphatic carbocycles. The molecule has 26 heavy (non-hydrogen) atoms. The van der Waals surface area contributed by atoms with Gasteiger partial charge in [-0.05, 0) is 31.0 Å². The minimum Gasteiger partial charge on any atom is -0.492 e. The highest BCUT2D eigenvalue weighted by molar-refractivity contribution is 7.90. The van der Waals surface area contributed by atoms with Gasteiger partial charge in [-0.25, -0.2) is 0 Å². The van der Waals surface area contributed by atoms with Crippen LogP contribution in [0, 0.1) is 0 Å². The molecular weight excluding hydrogens is 375 g/mol. The number of rotatable bonds is 8. The normalized spacial score (nSPS) is 12.2. The maximum absolute atomic E-state index is 12.4. The molecular formula is C15H20F3N3O4S. The number of sulfonamides is 1. The second-order valence-electron chi connectivity index (χ2n) is 5.38. The van der Waals surface area contributed by atoms with Crippen molar-refractivity contribution in [1.29, 1.82) is 0 Å². The van der Waals surface area contributed by atoms with Crippen LogP contribution in [0.5, 0.6) is 5.75 Å². The number of alkyl halides is 3. The maximum atomic E-state index is 12.4. The van der Waals surface area contributed by atoms with Crippen molar-refractivity contribution in [3.63, 3.8) is 0 Å². The number of halogens is 3. The predicted octanol–water partition coefficient (Wildman–Crippen LogP) is 1.58. The molecule has 1 rings (SSSR count). The summed E-state index contributed by atoms with van der Waals surface area (Å²) in [5.74, 6) is -1.96. The Hall–Kier alpha value is -2.30. The molecule has 1 N–H and O–H groups in total. The summed E-state index contributed by atoms with van der Waals surface area (Å²) in [5, 5.41) is 1.73. The summed E-state index contributed by atoms with van der Waals surface area (Å²) in [4.78, 5) is 12.0. The molecule has 0 saturated heterocycles. The fourth-order valence-electron chi connectivity index (χ4n) is 1.82. The first-order chi connectivity index (χ1) is 12.0. The van der Waals surface area contributed by atoms with E-state index in [1.54, 1.807) is 26.3 Å². The number of ether oxygens (including phenoxy) is 1. The average Bonchev–Trinajstić information content (AvgIpc) is 2.53. The van der Waals surface area contributed by atoms with Gasteiger partial charge < -0.3 is 15.0 Å². The number of hydrogen-bond acceptors (Lipinski definition) is 4. The summed E-state index contributed by atoms with van der Waals surface area (Å²) < 4.78 is 70.0. The first kappa shape index (κ1) is 21.7. The van der Waals surface area contributed by atoms with Crippen LogP contribution >= 0.6 is 0 Å². The van der Waals surface area contributed by atoms with Crippen LogP contribution in [0.15, 0.2) is 27.5 Å². The highest BCUT2D eigenvalue weighted by Crippen LogP contribution is 2.27. The molecule has 0 aliphatic rings. The Morgan fingerprint density at radius 1 is 1.35 bits per heavy atom. The fraction of sp³-hybridized carbons (Fsp3) is 0.467. The Labute approximate surface area is 149 Å². The predicted molar refractivity (Wildman–Crippen MR) is 89.7 cm³/mol. The van der Waals surface area contributed by atoms with Crippen LogP contribution in [-0.4, -0.2) is 59.0 Å². The van der Waals surface area contributed by atoms with Crippen LogP contribution in [0.3, 0.4) is 0 Å². The van der Waals surface area contributed by atoms with Crippen molar-refractivity contribution in [2.24, 2.45) is 4.40 Å². The zero-order valence-electron chi connectivity index (χ0n) is 14.5. The van der Waals surface area contributed by atoms with E-state index in [-0.39, 0.29) is 30.2 Å². The quantitative estimate of drug-likeness (QED) is 0.533. The van der Waals surface area contributed by atoms with E-state index in [2.05, 4.69) is 4.40 Å². The highest BCUT2D eigenvalue weighted by atomic mass is 32.2. The second kappa shape index (κ2) is 8.88. The number of hydrogen-bond donors (Lipinski definition) is 1. The van der Waals surface area contributed by atoms with E-state index in [9.17, 15) is 26.4 Å². The first-order valence-corrected chi connectivity index (χ1v) is 8.99. The van der Waals surface area contributed by atoms with Crippen molar-refractivity contribution in [3.8, 4) is 5.75 Å². The van der Waals surface area contributed by atoms with Gasteiger partial charge in [0.25, 0.3) is 10.0 Å². The molecule has 0 saturated carbocycles. The van der Waals surface area contributed by atoms with Gasteiger partial charge in [0, 0.05) is 20.6 Å². The first-order valence-electron chi connectivity index (χ1n) is 7.55. The van der Waals surface area contributed by atoms with E-state index < -0.39 is 22.1 Å². The van der Waals surface area contributed by atoms with Crippen LogP contribution < -0.4 is 10.1 Å². The molecule has 0 radical (unpaired) electrons. The molecule has 0 heterocycles. The van der Waals surface area contributed by atoms with Crippen molar-refractivity contribution in [2.45, 2.75) is 24.4 Å². The Bertz CT molecular complexity index is 762. The lowest BCUT2D eigenvalue weighted by Crippen LogP contribution is -2.37. The fourth-order valence-corrected chi connectivity index (χ4v) is 2.93. The van der Waals surface area contributed by atoms with Gasteiger partial charge in [-0.3, -0.25) is 4.79 Å². The lowest BCUT2D eigenvalue weighted by molar-refractivity contribution is -0.173. The molecule has 1 aromatic carbocycles. The third kappa shape index (κ3) is 6.54.